The van der Waals surface area contributed by atoms with Crippen LogP contribution in [0.4, 0.5) is 5.69 Å². The molecule has 28 heavy (non-hydrogen) atoms. The summed E-state index contributed by atoms with van der Waals surface area (Å²) in [7, 11) is -3.75. The van der Waals surface area contributed by atoms with Gasteiger partial charge in [0.25, 0.3) is 0 Å². The molecule has 10 heteroatoms. The Labute approximate surface area is 170 Å². The predicted molar refractivity (Wildman–Crippen MR) is 104 cm³/mol. The predicted octanol–water partition coefficient (Wildman–Crippen LogP) is 1.89. The molecule has 0 saturated carbocycles. The second-order valence-electron chi connectivity index (χ2n) is 6.67. The summed E-state index contributed by atoms with van der Waals surface area (Å²) in [4.78, 5) is 12.1. The van der Waals surface area contributed by atoms with Gasteiger partial charge >= 0.3 is 0 Å². The van der Waals surface area contributed by atoms with Crippen LogP contribution in [0.2, 0.25) is 5.02 Å². The van der Waals surface area contributed by atoms with Crippen LogP contribution in [0.15, 0.2) is 23.1 Å². The van der Waals surface area contributed by atoms with Gasteiger partial charge in [0.2, 0.25) is 15.9 Å². The van der Waals surface area contributed by atoms with E-state index < -0.39 is 10.0 Å². The van der Waals surface area contributed by atoms with Gasteiger partial charge in [-0.25, -0.2) is 8.42 Å². The highest BCUT2D eigenvalue weighted by Gasteiger charge is 2.28. The maximum absolute atomic E-state index is 12.8. The molecule has 2 saturated heterocycles. The van der Waals surface area contributed by atoms with E-state index in [1.54, 1.807) is 6.07 Å². The standard InChI is InChI=1S/C18H25ClN2O6S/c19-16-4-3-14(12-17(16)28(23,24)21-6-10-25-11-7-21)20-18(22)5-9-26-13-15-2-1-8-27-15/h3-4,12,15H,1-2,5-11,13H2,(H,20,22). The number of morpholine rings is 1. The quantitative estimate of drug-likeness (QED) is 0.630. The lowest BCUT2D eigenvalue weighted by Gasteiger charge is -2.26. The first-order valence-electron chi connectivity index (χ1n) is 9.33. The Morgan fingerprint density at radius 3 is 2.79 bits per heavy atom. The molecule has 8 nitrogen and oxygen atoms in total. The number of sulfonamides is 1. The third-order valence-corrected chi connectivity index (χ3v) is 6.98. The van der Waals surface area contributed by atoms with Crippen LogP contribution < -0.4 is 5.32 Å². The molecule has 2 heterocycles. The molecule has 0 aromatic heterocycles. The molecule has 1 atom stereocenters. The summed E-state index contributed by atoms with van der Waals surface area (Å²) in [6.45, 7) is 2.77. The van der Waals surface area contributed by atoms with Crippen molar-refractivity contribution in [1.29, 1.82) is 0 Å². The smallest absolute Gasteiger partial charge is 0.244 e. The number of halogens is 1. The van der Waals surface area contributed by atoms with E-state index in [1.165, 1.54) is 16.4 Å². The van der Waals surface area contributed by atoms with Crippen molar-refractivity contribution in [2.75, 3.05) is 51.4 Å². The van der Waals surface area contributed by atoms with Crippen LogP contribution in [0.3, 0.4) is 0 Å². The van der Waals surface area contributed by atoms with Crippen LogP contribution in [0.1, 0.15) is 19.3 Å². The summed E-state index contributed by atoms with van der Waals surface area (Å²) in [5.74, 6) is -0.260. The summed E-state index contributed by atoms with van der Waals surface area (Å²) in [5, 5.41) is 2.81. The number of carbonyl (C=O) groups excluding carboxylic acids is 1. The Morgan fingerprint density at radius 1 is 1.29 bits per heavy atom. The Hall–Kier alpha value is -1.23. The molecule has 1 aromatic carbocycles. The van der Waals surface area contributed by atoms with Crippen molar-refractivity contribution in [1.82, 2.24) is 4.31 Å². The Morgan fingerprint density at radius 2 is 2.07 bits per heavy atom. The molecule has 1 aromatic rings. The van der Waals surface area contributed by atoms with E-state index in [4.69, 9.17) is 25.8 Å². The summed E-state index contributed by atoms with van der Waals surface area (Å²) in [5.41, 5.74) is 0.375. The molecule has 0 aliphatic carbocycles. The topological polar surface area (TPSA) is 94.2 Å². The first kappa shape index (κ1) is 21.5. The van der Waals surface area contributed by atoms with Gasteiger partial charge in [-0.2, -0.15) is 4.31 Å². The van der Waals surface area contributed by atoms with Gasteiger partial charge in [0.1, 0.15) is 4.90 Å². The maximum atomic E-state index is 12.8. The van der Waals surface area contributed by atoms with Gasteiger partial charge in [-0.1, -0.05) is 11.6 Å². The number of nitrogens with one attached hydrogen (secondary N) is 1. The highest BCUT2D eigenvalue weighted by molar-refractivity contribution is 7.89. The second kappa shape index (κ2) is 10.00. The number of anilines is 1. The van der Waals surface area contributed by atoms with E-state index >= 15 is 0 Å². The molecular weight excluding hydrogens is 408 g/mol. The van der Waals surface area contributed by atoms with E-state index in [2.05, 4.69) is 5.32 Å². The van der Waals surface area contributed by atoms with Crippen molar-refractivity contribution >= 4 is 33.2 Å². The van der Waals surface area contributed by atoms with Gasteiger partial charge in [-0.05, 0) is 31.0 Å². The largest absolute Gasteiger partial charge is 0.379 e. The Kier molecular flexibility index (Phi) is 7.67. The van der Waals surface area contributed by atoms with Crippen molar-refractivity contribution in [2.45, 2.75) is 30.3 Å². The maximum Gasteiger partial charge on any atom is 0.244 e. The van der Waals surface area contributed by atoms with E-state index in [-0.39, 0.29) is 48.0 Å². The van der Waals surface area contributed by atoms with Gasteiger partial charge < -0.3 is 19.5 Å². The average molecular weight is 433 g/mol. The number of ether oxygens (including phenoxy) is 3. The van der Waals surface area contributed by atoms with Crippen molar-refractivity contribution in [3.05, 3.63) is 23.2 Å². The molecular formula is C18H25ClN2O6S. The number of rotatable bonds is 8. The van der Waals surface area contributed by atoms with E-state index in [1.807, 2.05) is 0 Å². The molecule has 1 amide bonds. The van der Waals surface area contributed by atoms with Crippen LogP contribution >= 0.6 is 11.6 Å². The lowest BCUT2D eigenvalue weighted by Crippen LogP contribution is -2.40. The number of nitrogens with zero attached hydrogens (tertiary/aromatic N) is 1. The summed E-state index contributed by atoms with van der Waals surface area (Å²) < 4.78 is 43.1. The fourth-order valence-corrected chi connectivity index (χ4v) is 4.99. The molecule has 1 N–H and O–H groups in total. The molecule has 156 valence electrons. The third-order valence-electron chi connectivity index (χ3n) is 4.60. The highest BCUT2D eigenvalue weighted by Crippen LogP contribution is 2.28. The number of carbonyl (C=O) groups is 1. The molecule has 0 radical (unpaired) electrons. The SMILES string of the molecule is O=C(CCOCC1CCCO1)Nc1ccc(Cl)c(S(=O)(=O)N2CCOCC2)c1. The van der Waals surface area contributed by atoms with Crippen molar-refractivity contribution in [3.63, 3.8) is 0 Å². The first-order valence-corrected chi connectivity index (χ1v) is 11.2. The molecule has 0 bridgehead atoms. The number of hydrogen-bond donors (Lipinski definition) is 1. The summed E-state index contributed by atoms with van der Waals surface area (Å²) in [6, 6.07) is 4.43. The highest BCUT2D eigenvalue weighted by atomic mass is 35.5. The molecule has 2 aliphatic rings. The van der Waals surface area contributed by atoms with Gasteiger partial charge in [0, 0.05) is 25.4 Å². The fraction of sp³-hybridized carbons (Fsp3) is 0.611. The van der Waals surface area contributed by atoms with Crippen LogP contribution in [-0.2, 0) is 29.0 Å². The fourth-order valence-electron chi connectivity index (χ4n) is 3.08. The molecule has 2 aliphatic heterocycles. The first-order chi connectivity index (χ1) is 13.5. The van der Waals surface area contributed by atoms with Crippen LogP contribution in [0.5, 0.6) is 0 Å². The summed E-state index contributed by atoms with van der Waals surface area (Å²) in [6.07, 6.45) is 2.31. The van der Waals surface area contributed by atoms with Gasteiger partial charge in [-0.3, -0.25) is 4.79 Å². The van der Waals surface area contributed by atoms with E-state index in [0.717, 1.165) is 19.4 Å². The molecule has 3 rings (SSSR count). The zero-order valence-electron chi connectivity index (χ0n) is 15.6. The minimum absolute atomic E-state index is 0.0245. The zero-order valence-corrected chi connectivity index (χ0v) is 17.1. The van der Waals surface area contributed by atoms with Gasteiger partial charge in [0.05, 0.1) is 44.0 Å². The van der Waals surface area contributed by atoms with Gasteiger partial charge in [0.15, 0.2) is 0 Å². The zero-order chi connectivity index (χ0) is 20.0. The van der Waals surface area contributed by atoms with Crippen LogP contribution in [0.25, 0.3) is 0 Å². The number of benzene rings is 1. The minimum atomic E-state index is -3.75. The lowest BCUT2D eigenvalue weighted by molar-refractivity contribution is -0.117. The molecule has 1 unspecified atom stereocenters. The van der Waals surface area contributed by atoms with E-state index in [0.29, 0.717) is 25.5 Å². The van der Waals surface area contributed by atoms with Crippen LogP contribution in [0, 0.1) is 0 Å². The lowest BCUT2D eigenvalue weighted by atomic mass is 10.2. The monoisotopic (exact) mass is 432 g/mol. The summed E-state index contributed by atoms with van der Waals surface area (Å²) >= 11 is 6.12. The second-order valence-corrected chi connectivity index (χ2v) is 8.98. The van der Waals surface area contributed by atoms with Crippen LogP contribution in [-0.4, -0.2) is 70.9 Å². The number of amides is 1. The molecule has 2 fully saturated rings. The third kappa shape index (κ3) is 5.65. The Balaban J connectivity index is 1.55. The van der Waals surface area contributed by atoms with Crippen molar-refractivity contribution < 1.29 is 27.4 Å². The van der Waals surface area contributed by atoms with Crippen molar-refractivity contribution in [3.8, 4) is 0 Å². The van der Waals surface area contributed by atoms with Crippen molar-refractivity contribution in [2.24, 2.45) is 0 Å². The average Bonchev–Trinajstić information content (AvgIpc) is 3.21. The Bertz CT molecular complexity index is 776. The number of hydrogen-bond acceptors (Lipinski definition) is 6. The van der Waals surface area contributed by atoms with Gasteiger partial charge in [-0.15, -0.1) is 0 Å². The van der Waals surface area contributed by atoms with E-state index in [9.17, 15) is 13.2 Å². The normalized spacial score (nSPS) is 21.0. The molecule has 0 spiro atoms. The minimum Gasteiger partial charge on any atom is -0.379 e.